The van der Waals surface area contributed by atoms with Gasteiger partial charge in [-0.05, 0) is 73.4 Å². The average Bonchev–Trinajstić information content (AvgIpc) is 2.71. The second-order valence-electron chi connectivity index (χ2n) is 5.01. The topological polar surface area (TPSA) is 29.9 Å². The Balaban J connectivity index is 2.23. The number of halogens is 1. The van der Waals surface area contributed by atoms with Crippen LogP contribution < -0.4 is 5.32 Å². The normalized spacial score (nSPS) is 11.0. The summed E-state index contributed by atoms with van der Waals surface area (Å²) >= 11 is 3.60. The number of para-hydroxylation sites is 1. The number of aromatic nitrogens is 2. The Morgan fingerprint density at radius 1 is 1.20 bits per heavy atom. The fourth-order valence-electron chi connectivity index (χ4n) is 2.41. The molecule has 0 aliphatic rings. The first-order valence-electron chi connectivity index (χ1n) is 7.15. The number of benzene rings is 1. The molecule has 1 aromatic heterocycles. The third-order valence-electron chi connectivity index (χ3n) is 3.50. The monoisotopic (exact) mass is 335 g/mol. The molecule has 1 N–H and O–H groups in total. The highest BCUT2D eigenvalue weighted by Gasteiger charge is 2.13. The van der Waals surface area contributed by atoms with Crippen LogP contribution in [-0.4, -0.2) is 22.9 Å². The van der Waals surface area contributed by atoms with Crippen LogP contribution in [0.1, 0.15) is 30.3 Å². The molecule has 0 saturated carbocycles. The molecule has 0 bridgehead atoms. The number of aryl methyl sites for hydroxylation is 1. The van der Waals surface area contributed by atoms with Crippen molar-refractivity contribution in [3.05, 3.63) is 45.7 Å². The van der Waals surface area contributed by atoms with E-state index in [1.807, 2.05) is 22.9 Å². The van der Waals surface area contributed by atoms with E-state index in [-0.39, 0.29) is 0 Å². The van der Waals surface area contributed by atoms with E-state index in [0.717, 1.165) is 35.4 Å². The van der Waals surface area contributed by atoms with Crippen molar-refractivity contribution in [1.29, 1.82) is 0 Å². The third-order valence-corrected chi connectivity index (χ3v) is 4.17. The van der Waals surface area contributed by atoms with Crippen LogP contribution in [0, 0.1) is 13.8 Å². The molecule has 0 spiro atoms. The van der Waals surface area contributed by atoms with Crippen molar-refractivity contribution < 1.29 is 0 Å². The molecule has 3 nitrogen and oxygen atoms in total. The summed E-state index contributed by atoms with van der Waals surface area (Å²) in [7, 11) is 0. The van der Waals surface area contributed by atoms with Crippen LogP contribution in [0.15, 0.2) is 28.7 Å². The van der Waals surface area contributed by atoms with Gasteiger partial charge in [0.05, 0.1) is 11.4 Å². The zero-order chi connectivity index (χ0) is 14.5. The lowest BCUT2D eigenvalue weighted by Gasteiger charge is -2.08. The lowest BCUT2D eigenvalue weighted by Crippen LogP contribution is -2.18. The Morgan fingerprint density at radius 3 is 2.65 bits per heavy atom. The largest absolute Gasteiger partial charge is 0.316 e. The van der Waals surface area contributed by atoms with Gasteiger partial charge >= 0.3 is 0 Å². The van der Waals surface area contributed by atoms with E-state index < -0.39 is 0 Å². The minimum atomic E-state index is 1.01. The average molecular weight is 336 g/mol. The lowest BCUT2D eigenvalue weighted by molar-refractivity contribution is 0.669. The van der Waals surface area contributed by atoms with E-state index in [4.69, 9.17) is 5.10 Å². The molecule has 0 aliphatic carbocycles. The van der Waals surface area contributed by atoms with E-state index in [2.05, 4.69) is 48.1 Å². The van der Waals surface area contributed by atoms with Gasteiger partial charge in [-0.15, -0.1) is 0 Å². The summed E-state index contributed by atoms with van der Waals surface area (Å²) in [6, 6.07) is 8.20. The molecule has 1 heterocycles. The highest BCUT2D eigenvalue weighted by atomic mass is 79.9. The standard InChI is InChI=1S/C16H22BrN3/c1-4-10-18-11-9-14-12(2)19-20(13(14)3)16-8-6-5-7-15(16)17/h5-8,18H,4,9-11H2,1-3H3. The summed E-state index contributed by atoms with van der Waals surface area (Å²) in [6.07, 6.45) is 2.20. The van der Waals surface area contributed by atoms with Crippen molar-refractivity contribution in [2.24, 2.45) is 0 Å². The predicted octanol–water partition coefficient (Wildman–Crippen LogP) is 3.79. The van der Waals surface area contributed by atoms with Crippen molar-refractivity contribution in [2.45, 2.75) is 33.6 Å². The summed E-state index contributed by atoms with van der Waals surface area (Å²) in [5, 5.41) is 8.15. The Kier molecular flexibility index (Phi) is 5.38. The van der Waals surface area contributed by atoms with Gasteiger partial charge in [0.1, 0.15) is 0 Å². The zero-order valence-electron chi connectivity index (χ0n) is 12.4. The first-order chi connectivity index (χ1) is 9.65. The van der Waals surface area contributed by atoms with Gasteiger partial charge in [-0.1, -0.05) is 19.1 Å². The molecule has 20 heavy (non-hydrogen) atoms. The molecule has 0 amide bonds. The maximum atomic E-state index is 4.70. The highest BCUT2D eigenvalue weighted by Crippen LogP contribution is 2.24. The number of hydrogen-bond acceptors (Lipinski definition) is 2. The van der Waals surface area contributed by atoms with E-state index in [0.29, 0.717) is 0 Å². The van der Waals surface area contributed by atoms with Gasteiger partial charge in [-0.2, -0.15) is 5.10 Å². The number of nitrogens with zero attached hydrogens (tertiary/aromatic N) is 2. The maximum absolute atomic E-state index is 4.70. The summed E-state index contributed by atoms with van der Waals surface area (Å²) in [4.78, 5) is 0. The van der Waals surface area contributed by atoms with Crippen LogP contribution in [0.25, 0.3) is 5.69 Å². The number of nitrogens with one attached hydrogen (secondary N) is 1. The Labute approximate surface area is 129 Å². The molecule has 0 atom stereocenters. The molecule has 2 aromatic rings. The van der Waals surface area contributed by atoms with E-state index >= 15 is 0 Å². The molecule has 0 fully saturated rings. The lowest BCUT2D eigenvalue weighted by atomic mass is 10.1. The first kappa shape index (κ1) is 15.3. The number of hydrogen-bond donors (Lipinski definition) is 1. The van der Waals surface area contributed by atoms with Crippen molar-refractivity contribution in [3.8, 4) is 5.69 Å². The molecule has 0 radical (unpaired) electrons. The minimum Gasteiger partial charge on any atom is -0.316 e. The van der Waals surface area contributed by atoms with Gasteiger partial charge in [0.15, 0.2) is 0 Å². The minimum absolute atomic E-state index is 1.01. The van der Waals surface area contributed by atoms with Crippen LogP contribution in [0.4, 0.5) is 0 Å². The summed E-state index contributed by atoms with van der Waals surface area (Å²) in [6.45, 7) is 8.52. The molecular formula is C16H22BrN3. The molecule has 4 heteroatoms. The third kappa shape index (κ3) is 3.30. The van der Waals surface area contributed by atoms with Crippen LogP contribution in [0.3, 0.4) is 0 Å². The maximum Gasteiger partial charge on any atom is 0.0790 e. The van der Waals surface area contributed by atoms with Gasteiger partial charge in [0, 0.05) is 10.2 Å². The Hall–Kier alpha value is -1.13. The summed E-state index contributed by atoms with van der Waals surface area (Å²) < 4.78 is 3.11. The van der Waals surface area contributed by atoms with Gasteiger partial charge < -0.3 is 5.32 Å². The van der Waals surface area contributed by atoms with E-state index in [1.165, 1.54) is 17.7 Å². The van der Waals surface area contributed by atoms with E-state index in [1.54, 1.807) is 0 Å². The van der Waals surface area contributed by atoms with Crippen LogP contribution in [0.2, 0.25) is 0 Å². The molecule has 0 aliphatic heterocycles. The SMILES string of the molecule is CCCNCCc1c(C)nn(-c2ccccc2Br)c1C. The number of rotatable bonds is 6. The van der Waals surface area contributed by atoms with Gasteiger partial charge in [0.25, 0.3) is 0 Å². The second kappa shape index (κ2) is 7.04. The molecular weight excluding hydrogens is 314 g/mol. The summed E-state index contributed by atoms with van der Waals surface area (Å²) in [5.41, 5.74) is 4.80. The molecule has 1 aromatic carbocycles. The molecule has 0 unspecified atom stereocenters. The van der Waals surface area contributed by atoms with Crippen LogP contribution >= 0.6 is 15.9 Å². The van der Waals surface area contributed by atoms with Gasteiger partial charge in [-0.25, -0.2) is 4.68 Å². The fourth-order valence-corrected chi connectivity index (χ4v) is 2.86. The first-order valence-corrected chi connectivity index (χ1v) is 7.95. The predicted molar refractivity (Wildman–Crippen MR) is 87.6 cm³/mol. The molecule has 108 valence electrons. The highest BCUT2D eigenvalue weighted by molar-refractivity contribution is 9.10. The zero-order valence-corrected chi connectivity index (χ0v) is 14.0. The van der Waals surface area contributed by atoms with Crippen molar-refractivity contribution in [2.75, 3.05) is 13.1 Å². The smallest absolute Gasteiger partial charge is 0.0790 e. The van der Waals surface area contributed by atoms with Crippen molar-refractivity contribution >= 4 is 15.9 Å². The quantitative estimate of drug-likeness (QED) is 0.814. The van der Waals surface area contributed by atoms with Crippen molar-refractivity contribution in [3.63, 3.8) is 0 Å². The van der Waals surface area contributed by atoms with Crippen LogP contribution in [-0.2, 0) is 6.42 Å². The van der Waals surface area contributed by atoms with Crippen LogP contribution in [0.5, 0.6) is 0 Å². The fraction of sp³-hybridized carbons (Fsp3) is 0.438. The van der Waals surface area contributed by atoms with Gasteiger partial charge in [0.2, 0.25) is 0 Å². The second-order valence-corrected chi connectivity index (χ2v) is 5.87. The molecule has 0 saturated heterocycles. The van der Waals surface area contributed by atoms with Crippen molar-refractivity contribution in [1.82, 2.24) is 15.1 Å². The van der Waals surface area contributed by atoms with E-state index in [9.17, 15) is 0 Å². The Morgan fingerprint density at radius 2 is 1.95 bits per heavy atom. The Bertz CT molecular complexity index is 575. The summed E-state index contributed by atoms with van der Waals surface area (Å²) in [5.74, 6) is 0. The van der Waals surface area contributed by atoms with Gasteiger partial charge in [-0.3, -0.25) is 0 Å². The molecule has 2 rings (SSSR count).